The summed E-state index contributed by atoms with van der Waals surface area (Å²) in [4.78, 5) is 4.43. The Morgan fingerprint density at radius 1 is 1.32 bits per heavy atom. The first kappa shape index (κ1) is 12.2. The first-order valence-corrected chi connectivity index (χ1v) is 6.63. The monoisotopic (exact) mass is 260 g/mol. The van der Waals surface area contributed by atoms with Crippen LogP contribution in [0.1, 0.15) is 29.8 Å². The molecule has 0 amide bonds. The summed E-state index contributed by atoms with van der Waals surface area (Å²) in [6, 6.07) is 5.00. The molecule has 3 nitrogen and oxygen atoms in total. The molecule has 1 aromatic heterocycles. The van der Waals surface area contributed by atoms with Crippen molar-refractivity contribution in [3.63, 3.8) is 0 Å². The number of hydrogen-bond donors (Lipinski definition) is 0. The van der Waals surface area contributed by atoms with Gasteiger partial charge in [-0.25, -0.2) is 9.37 Å². The number of methoxy groups -OCH3 is 1. The number of aromatic nitrogens is 2. The molecule has 0 aliphatic heterocycles. The average Bonchev–Trinajstić information content (AvgIpc) is 2.84. The molecule has 0 fully saturated rings. The number of hydrogen-bond acceptors (Lipinski definition) is 2. The van der Waals surface area contributed by atoms with Gasteiger partial charge in [-0.3, -0.25) is 0 Å². The fourth-order valence-corrected chi connectivity index (χ4v) is 2.63. The first-order chi connectivity index (χ1) is 9.28. The van der Waals surface area contributed by atoms with Crippen LogP contribution < -0.4 is 4.74 Å². The summed E-state index contributed by atoms with van der Waals surface area (Å²) in [5, 5.41) is 0. The Morgan fingerprint density at radius 2 is 2.16 bits per heavy atom. The van der Waals surface area contributed by atoms with Crippen molar-refractivity contribution in [3.8, 4) is 5.75 Å². The van der Waals surface area contributed by atoms with E-state index in [0.717, 1.165) is 12.8 Å². The number of aryl methyl sites for hydroxylation is 1. The van der Waals surface area contributed by atoms with E-state index >= 15 is 0 Å². The summed E-state index contributed by atoms with van der Waals surface area (Å²) in [7, 11) is 1.54. The third-order valence-corrected chi connectivity index (χ3v) is 3.71. The highest BCUT2D eigenvalue weighted by molar-refractivity contribution is 5.29. The SMILES string of the molecule is COc1ccc(Cn2cnc3c2CCCC3)c(F)c1. The second-order valence-corrected chi connectivity index (χ2v) is 4.93. The van der Waals surface area contributed by atoms with E-state index in [9.17, 15) is 4.39 Å². The van der Waals surface area contributed by atoms with Crippen LogP contribution in [-0.2, 0) is 19.4 Å². The molecular formula is C15H17FN2O. The lowest BCUT2D eigenvalue weighted by Gasteiger charge is -2.14. The van der Waals surface area contributed by atoms with Crippen molar-refractivity contribution >= 4 is 0 Å². The molecule has 4 heteroatoms. The minimum atomic E-state index is -0.224. The Labute approximate surface area is 112 Å². The number of rotatable bonds is 3. The van der Waals surface area contributed by atoms with Crippen molar-refractivity contribution in [1.82, 2.24) is 9.55 Å². The lowest BCUT2D eigenvalue weighted by atomic mass is 10.0. The minimum Gasteiger partial charge on any atom is -0.497 e. The number of nitrogens with zero attached hydrogens (tertiary/aromatic N) is 2. The quantitative estimate of drug-likeness (QED) is 0.848. The van der Waals surface area contributed by atoms with E-state index in [1.54, 1.807) is 19.2 Å². The molecule has 0 spiro atoms. The van der Waals surface area contributed by atoms with Gasteiger partial charge >= 0.3 is 0 Å². The van der Waals surface area contributed by atoms with Gasteiger partial charge in [0, 0.05) is 17.3 Å². The van der Waals surface area contributed by atoms with E-state index in [4.69, 9.17) is 4.74 Å². The van der Waals surface area contributed by atoms with Crippen molar-refractivity contribution in [2.45, 2.75) is 32.2 Å². The third-order valence-electron chi connectivity index (χ3n) is 3.71. The van der Waals surface area contributed by atoms with Crippen LogP contribution in [0.15, 0.2) is 24.5 Å². The lowest BCUT2D eigenvalue weighted by Crippen LogP contribution is -2.09. The van der Waals surface area contributed by atoms with Gasteiger partial charge in [0.2, 0.25) is 0 Å². The first-order valence-electron chi connectivity index (χ1n) is 6.63. The molecule has 0 saturated carbocycles. The predicted molar refractivity (Wildman–Crippen MR) is 70.9 cm³/mol. The van der Waals surface area contributed by atoms with Gasteiger partial charge in [0.25, 0.3) is 0 Å². The summed E-state index contributed by atoms with van der Waals surface area (Å²) >= 11 is 0. The molecule has 0 atom stereocenters. The van der Waals surface area contributed by atoms with Crippen LogP contribution in [0.5, 0.6) is 5.75 Å². The number of benzene rings is 1. The standard InChI is InChI=1S/C15H17FN2O/c1-19-12-7-6-11(13(16)8-12)9-18-10-17-14-4-2-3-5-15(14)18/h6-8,10H,2-5,9H2,1H3. The topological polar surface area (TPSA) is 27.1 Å². The van der Waals surface area contributed by atoms with E-state index in [1.165, 1.54) is 30.3 Å². The highest BCUT2D eigenvalue weighted by Gasteiger charge is 2.16. The highest BCUT2D eigenvalue weighted by atomic mass is 19.1. The van der Waals surface area contributed by atoms with Crippen molar-refractivity contribution in [1.29, 1.82) is 0 Å². The predicted octanol–water partition coefficient (Wildman–Crippen LogP) is 2.96. The van der Waals surface area contributed by atoms with Crippen LogP contribution in [-0.4, -0.2) is 16.7 Å². The molecular weight excluding hydrogens is 243 g/mol. The molecule has 0 radical (unpaired) electrons. The molecule has 0 saturated heterocycles. The van der Waals surface area contributed by atoms with Crippen LogP contribution >= 0.6 is 0 Å². The molecule has 100 valence electrons. The lowest BCUT2D eigenvalue weighted by molar-refractivity contribution is 0.410. The van der Waals surface area contributed by atoms with Crippen LogP contribution in [0.25, 0.3) is 0 Å². The van der Waals surface area contributed by atoms with Gasteiger partial charge in [0.05, 0.1) is 25.7 Å². The molecule has 1 heterocycles. The van der Waals surface area contributed by atoms with Crippen molar-refractivity contribution in [3.05, 3.63) is 47.3 Å². The maximum absolute atomic E-state index is 13.9. The summed E-state index contributed by atoms with van der Waals surface area (Å²) in [5.74, 6) is 0.325. The highest BCUT2D eigenvalue weighted by Crippen LogP contribution is 2.22. The zero-order valence-electron chi connectivity index (χ0n) is 11.0. The number of imidazole rings is 1. The van der Waals surface area contributed by atoms with Crippen molar-refractivity contribution in [2.75, 3.05) is 7.11 Å². The van der Waals surface area contributed by atoms with Gasteiger partial charge in [-0.2, -0.15) is 0 Å². The van der Waals surface area contributed by atoms with Crippen LogP contribution in [0.3, 0.4) is 0 Å². The van der Waals surface area contributed by atoms with E-state index in [0.29, 0.717) is 17.9 Å². The van der Waals surface area contributed by atoms with E-state index in [2.05, 4.69) is 9.55 Å². The molecule has 0 bridgehead atoms. The number of halogens is 1. The zero-order valence-corrected chi connectivity index (χ0v) is 11.0. The van der Waals surface area contributed by atoms with Crippen LogP contribution in [0.4, 0.5) is 4.39 Å². The zero-order chi connectivity index (χ0) is 13.2. The fraction of sp³-hybridized carbons (Fsp3) is 0.400. The molecule has 0 unspecified atom stereocenters. The maximum atomic E-state index is 13.9. The van der Waals surface area contributed by atoms with Gasteiger partial charge in [0.1, 0.15) is 11.6 Å². The molecule has 0 N–H and O–H groups in total. The Hall–Kier alpha value is -1.84. The van der Waals surface area contributed by atoms with Gasteiger partial charge in [0.15, 0.2) is 0 Å². The smallest absolute Gasteiger partial charge is 0.131 e. The van der Waals surface area contributed by atoms with Crippen molar-refractivity contribution < 1.29 is 9.13 Å². The minimum absolute atomic E-state index is 0.224. The van der Waals surface area contributed by atoms with Crippen molar-refractivity contribution in [2.24, 2.45) is 0 Å². The molecule has 1 aliphatic rings. The third kappa shape index (κ3) is 2.35. The van der Waals surface area contributed by atoms with E-state index in [-0.39, 0.29) is 5.82 Å². The second kappa shape index (κ2) is 5.03. The largest absolute Gasteiger partial charge is 0.497 e. The van der Waals surface area contributed by atoms with Gasteiger partial charge in [-0.15, -0.1) is 0 Å². The second-order valence-electron chi connectivity index (χ2n) is 4.93. The van der Waals surface area contributed by atoms with Crippen LogP contribution in [0, 0.1) is 5.82 Å². The molecule has 2 aromatic rings. The van der Waals surface area contributed by atoms with Gasteiger partial charge in [-0.1, -0.05) is 6.07 Å². The molecule has 19 heavy (non-hydrogen) atoms. The molecule has 1 aliphatic carbocycles. The summed E-state index contributed by atoms with van der Waals surface area (Å²) < 4.78 is 21.0. The normalized spacial score (nSPS) is 14.2. The maximum Gasteiger partial charge on any atom is 0.131 e. The fourth-order valence-electron chi connectivity index (χ4n) is 2.63. The average molecular weight is 260 g/mol. The Kier molecular flexibility index (Phi) is 3.23. The molecule has 1 aromatic carbocycles. The Bertz CT molecular complexity index is 592. The van der Waals surface area contributed by atoms with Gasteiger partial charge < -0.3 is 9.30 Å². The Balaban J connectivity index is 1.87. The van der Waals surface area contributed by atoms with Crippen LogP contribution in [0.2, 0.25) is 0 Å². The summed E-state index contributed by atoms with van der Waals surface area (Å²) in [5.41, 5.74) is 3.12. The van der Waals surface area contributed by atoms with E-state index < -0.39 is 0 Å². The summed E-state index contributed by atoms with van der Waals surface area (Å²) in [6.07, 6.45) is 6.34. The number of fused-ring (bicyclic) bond motifs is 1. The summed E-state index contributed by atoms with van der Waals surface area (Å²) in [6.45, 7) is 0.540. The van der Waals surface area contributed by atoms with E-state index in [1.807, 2.05) is 6.33 Å². The Morgan fingerprint density at radius 3 is 2.95 bits per heavy atom. The molecule has 3 rings (SSSR count). The van der Waals surface area contributed by atoms with Gasteiger partial charge in [-0.05, 0) is 31.7 Å². The number of ether oxygens (including phenoxy) is 1.